The minimum absolute atomic E-state index is 0.105. The molecule has 0 fully saturated rings. The van der Waals surface area contributed by atoms with Gasteiger partial charge >= 0.3 is 0 Å². The zero-order valence-corrected chi connectivity index (χ0v) is 12.2. The number of para-hydroxylation sites is 2. The normalized spacial score (nSPS) is 10.4. The zero-order valence-electron chi connectivity index (χ0n) is 10.6. The van der Waals surface area contributed by atoms with Crippen LogP contribution < -0.4 is 0 Å². The van der Waals surface area contributed by atoms with E-state index in [4.69, 9.17) is 5.11 Å². The average molecular weight is 300 g/mol. The number of nitrogens with zero attached hydrogens (tertiary/aromatic N) is 1. The lowest BCUT2D eigenvalue weighted by atomic mass is 10.3. The Hall–Kier alpha value is -1.74. The van der Waals surface area contributed by atoms with Crippen molar-refractivity contribution in [1.29, 1.82) is 0 Å². The number of aromatic amines is 1. The molecule has 0 saturated heterocycles. The molecule has 0 aliphatic carbocycles. The van der Waals surface area contributed by atoms with Gasteiger partial charge in [-0.25, -0.2) is 4.98 Å². The molecule has 0 spiro atoms. The van der Waals surface area contributed by atoms with Crippen LogP contribution in [0.15, 0.2) is 40.9 Å². The third-order valence-electron chi connectivity index (χ3n) is 2.76. The second-order valence-corrected chi connectivity index (χ2v) is 6.03. The molecule has 2 N–H and O–H groups in total. The highest BCUT2D eigenvalue weighted by molar-refractivity contribution is 7.98. The van der Waals surface area contributed by atoms with E-state index < -0.39 is 0 Å². The molecule has 0 unspecified atom stereocenters. The van der Waals surface area contributed by atoms with Crippen molar-refractivity contribution in [2.24, 2.45) is 0 Å². The van der Waals surface area contributed by atoms with Crippen LogP contribution in [0.1, 0.15) is 10.4 Å². The lowest BCUT2D eigenvalue weighted by molar-refractivity contribution is 0.350. The molecule has 0 amide bonds. The van der Waals surface area contributed by atoms with Gasteiger partial charge in [0.2, 0.25) is 0 Å². The molecule has 0 radical (unpaired) electrons. The topological polar surface area (TPSA) is 48.9 Å². The van der Waals surface area contributed by atoms with Gasteiger partial charge in [0.05, 0.1) is 11.0 Å². The smallest absolute Gasteiger partial charge is 0.166 e. The van der Waals surface area contributed by atoms with Crippen LogP contribution in [0, 0.1) is 11.8 Å². The van der Waals surface area contributed by atoms with E-state index in [1.54, 1.807) is 23.1 Å². The third kappa shape index (κ3) is 2.88. The zero-order chi connectivity index (χ0) is 13.8. The van der Waals surface area contributed by atoms with E-state index in [1.807, 2.05) is 35.7 Å². The van der Waals surface area contributed by atoms with Gasteiger partial charge in [-0.05, 0) is 23.6 Å². The lowest BCUT2D eigenvalue weighted by Gasteiger charge is -1.96. The highest BCUT2D eigenvalue weighted by Crippen LogP contribution is 2.27. The molecule has 3 rings (SSSR count). The highest BCUT2D eigenvalue weighted by Gasteiger charge is 2.06. The summed E-state index contributed by atoms with van der Waals surface area (Å²) in [6, 6.07) is 9.99. The highest BCUT2D eigenvalue weighted by atomic mass is 32.2. The summed E-state index contributed by atoms with van der Waals surface area (Å²) in [6.07, 6.45) is 0. The number of thioether (sulfide) groups is 1. The van der Waals surface area contributed by atoms with Crippen LogP contribution in [0.2, 0.25) is 0 Å². The molecule has 3 nitrogen and oxygen atoms in total. The maximum Gasteiger partial charge on any atom is 0.166 e. The Bertz CT molecular complexity index is 747. The molecule has 20 heavy (non-hydrogen) atoms. The number of fused-ring (bicyclic) bond motifs is 1. The number of hydrogen-bond acceptors (Lipinski definition) is 4. The first-order chi connectivity index (χ1) is 9.86. The summed E-state index contributed by atoms with van der Waals surface area (Å²) >= 11 is 3.34. The van der Waals surface area contributed by atoms with Crippen molar-refractivity contribution >= 4 is 34.1 Å². The number of imidazole rings is 1. The Kier molecular flexibility index (Phi) is 4.07. The Morgan fingerprint density at radius 1 is 1.30 bits per heavy atom. The molecular weight excluding hydrogens is 288 g/mol. The summed E-state index contributed by atoms with van der Waals surface area (Å²) in [4.78, 5) is 9.05. The fourth-order valence-electron chi connectivity index (χ4n) is 1.83. The van der Waals surface area contributed by atoms with Gasteiger partial charge in [-0.1, -0.05) is 35.7 Å². The summed E-state index contributed by atoms with van der Waals surface area (Å²) in [7, 11) is 0. The standard InChI is InChI=1S/C15H12N2OS2/c18-8-3-4-11-7-9-19-14(11)10-20-15-16-12-5-1-2-6-13(12)17-15/h1-2,5-7,9,18H,8,10H2,(H,16,17). The van der Waals surface area contributed by atoms with Crippen molar-refractivity contribution in [1.82, 2.24) is 9.97 Å². The Morgan fingerprint density at radius 3 is 3.05 bits per heavy atom. The summed E-state index contributed by atoms with van der Waals surface area (Å²) in [6.45, 7) is -0.105. The summed E-state index contributed by atoms with van der Waals surface area (Å²) in [5, 5.41) is 11.7. The van der Waals surface area contributed by atoms with Gasteiger partial charge in [0.1, 0.15) is 6.61 Å². The average Bonchev–Trinajstić information content (AvgIpc) is 3.08. The van der Waals surface area contributed by atoms with Crippen molar-refractivity contribution in [3.8, 4) is 11.8 Å². The summed E-state index contributed by atoms with van der Waals surface area (Å²) < 4.78 is 0. The fourth-order valence-corrected chi connectivity index (χ4v) is 3.66. The monoisotopic (exact) mass is 300 g/mol. The number of rotatable bonds is 3. The Labute approximate surface area is 125 Å². The second-order valence-electron chi connectivity index (χ2n) is 4.07. The van der Waals surface area contributed by atoms with Gasteiger partial charge in [0.15, 0.2) is 5.16 Å². The van der Waals surface area contributed by atoms with Crippen LogP contribution in [0.4, 0.5) is 0 Å². The molecule has 3 aromatic rings. The van der Waals surface area contributed by atoms with E-state index in [-0.39, 0.29) is 6.61 Å². The lowest BCUT2D eigenvalue weighted by Crippen LogP contribution is -1.82. The van der Waals surface area contributed by atoms with E-state index in [9.17, 15) is 0 Å². The fraction of sp³-hybridized carbons (Fsp3) is 0.133. The molecule has 0 saturated carbocycles. The first kappa shape index (κ1) is 13.3. The predicted molar refractivity (Wildman–Crippen MR) is 83.9 cm³/mol. The third-order valence-corrected chi connectivity index (χ3v) is 4.76. The van der Waals surface area contributed by atoms with E-state index in [1.165, 1.54) is 4.88 Å². The molecule has 1 aromatic carbocycles. The quantitative estimate of drug-likeness (QED) is 0.576. The van der Waals surface area contributed by atoms with Crippen LogP contribution in [-0.2, 0) is 5.75 Å². The SMILES string of the molecule is OCC#Cc1ccsc1CSc1nc2ccccc2[nH]1. The van der Waals surface area contributed by atoms with Crippen molar-refractivity contribution in [2.75, 3.05) is 6.61 Å². The minimum Gasteiger partial charge on any atom is -0.384 e. The molecule has 0 aliphatic heterocycles. The van der Waals surface area contributed by atoms with Crippen LogP contribution in [-0.4, -0.2) is 21.7 Å². The van der Waals surface area contributed by atoms with Gasteiger partial charge in [-0.15, -0.1) is 11.3 Å². The number of thiophene rings is 1. The number of aromatic nitrogens is 2. The van der Waals surface area contributed by atoms with Crippen LogP contribution in [0.25, 0.3) is 11.0 Å². The molecule has 0 atom stereocenters. The van der Waals surface area contributed by atoms with E-state index >= 15 is 0 Å². The largest absolute Gasteiger partial charge is 0.384 e. The first-order valence-corrected chi connectivity index (χ1v) is 7.97. The maximum absolute atomic E-state index is 8.75. The maximum atomic E-state index is 8.75. The van der Waals surface area contributed by atoms with E-state index in [0.29, 0.717) is 0 Å². The Balaban J connectivity index is 1.74. The van der Waals surface area contributed by atoms with Crippen molar-refractivity contribution in [2.45, 2.75) is 10.9 Å². The molecule has 0 aliphatic rings. The number of nitrogens with one attached hydrogen (secondary N) is 1. The van der Waals surface area contributed by atoms with Gasteiger partial charge in [-0.2, -0.15) is 0 Å². The van der Waals surface area contributed by atoms with Gasteiger partial charge in [-0.3, -0.25) is 0 Å². The first-order valence-electron chi connectivity index (χ1n) is 6.10. The summed E-state index contributed by atoms with van der Waals surface area (Å²) in [5.74, 6) is 6.49. The van der Waals surface area contributed by atoms with E-state index in [2.05, 4.69) is 21.8 Å². The van der Waals surface area contributed by atoms with Gasteiger partial charge in [0, 0.05) is 16.2 Å². The van der Waals surface area contributed by atoms with Crippen molar-refractivity contribution < 1.29 is 5.11 Å². The second kappa shape index (κ2) is 6.14. The number of benzene rings is 1. The van der Waals surface area contributed by atoms with Gasteiger partial charge in [0.25, 0.3) is 0 Å². The number of aliphatic hydroxyl groups excluding tert-OH is 1. The predicted octanol–water partition coefficient (Wildman–Crippen LogP) is 3.26. The van der Waals surface area contributed by atoms with Crippen molar-refractivity contribution in [3.63, 3.8) is 0 Å². The number of hydrogen-bond donors (Lipinski definition) is 2. The number of H-pyrrole nitrogens is 1. The molecule has 2 aromatic heterocycles. The molecule has 100 valence electrons. The molecular formula is C15H12N2OS2. The molecule has 2 heterocycles. The van der Waals surface area contributed by atoms with Crippen LogP contribution in [0.3, 0.4) is 0 Å². The molecule has 0 bridgehead atoms. The Morgan fingerprint density at radius 2 is 2.20 bits per heavy atom. The van der Waals surface area contributed by atoms with E-state index in [0.717, 1.165) is 27.5 Å². The summed E-state index contributed by atoms with van der Waals surface area (Å²) in [5.41, 5.74) is 3.04. The van der Waals surface area contributed by atoms with Crippen LogP contribution in [0.5, 0.6) is 0 Å². The minimum atomic E-state index is -0.105. The molecule has 5 heteroatoms. The van der Waals surface area contributed by atoms with Crippen molar-refractivity contribution in [3.05, 3.63) is 46.2 Å². The van der Waals surface area contributed by atoms with Gasteiger partial charge < -0.3 is 10.1 Å². The van der Waals surface area contributed by atoms with Crippen LogP contribution >= 0.6 is 23.1 Å². The number of aliphatic hydroxyl groups is 1.